The number of hydrogen-bond donors (Lipinski definition) is 1. The van der Waals surface area contributed by atoms with Gasteiger partial charge in [0, 0.05) is 19.1 Å². The molecule has 1 N–H and O–H groups in total. The molecule has 0 radical (unpaired) electrons. The number of ether oxygens (including phenoxy) is 1. The fourth-order valence-corrected chi connectivity index (χ4v) is 2.50. The van der Waals surface area contributed by atoms with Crippen molar-refractivity contribution in [3.8, 4) is 6.07 Å². The molecule has 98 valence electrons. The first-order chi connectivity index (χ1) is 7.90. The maximum atomic E-state index is 9.18. The minimum Gasteiger partial charge on any atom is -0.373 e. The van der Waals surface area contributed by atoms with Crippen molar-refractivity contribution in [3.05, 3.63) is 0 Å². The Balaban J connectivity index is 2.58. The van der Waals surface area contributed by atoms with E-state index in [1.165, 1.54) is 0 Å². The smallest absolute Gasteiger partial charge is 0.105 e. The summed E-state index contributed by atoms with van der Waals surface area (Å²) in [7, 11) is 1.85. The molecule has 0 aromatic heterocycles. The number of morpholine rings is 1. The van der Waals surface area contributed by atoms with Crippen LogP contribution in [0.1, 0.15) is 34.1 Å². The predicted molar refractivity (Wildman–Crippen MR) is 68.7 cm³/mol. The van der Waals surface area contributed by atoms with Gasteiger partial charge in [0.15, 0.2) is 0 Å². The van der Waals surface area contributed by atoms with E-state index in [2.05, 4.69) is 37.1 Å². The Bertz CT molecular complexity index is 279. The van der Waals surface area contributed by atoms with Crippen LogP contribution < -0.4 is 5.32 Å². The molecule has 0 aromatic rings. The number of nitrogens with one attached hydrogen (secondary N) is 1. The van der Waals surface area contributed by atoms with Crippen LogP contribution in [0.3, 0.4) is 0 Å². The van der Waals surface area contributed by atoms with E-state index in [1.54, 1.807) is 0 Å². The number of nitrogens with zero attached hydrogens (tertiary/aromatic N) is 2. The van der Waals surface area contributed by atoms with Gasteiger partial charge in [-0.25, -0.2) is 0 Å². The molecule has 1 rings (SSSR count). The molecule has 0 spiro atoms. The third-order valence-electron chi connectivity index (χ3n) is 3.57. The van der Waals surface area contributed by atoms with Crippen LogP contribution in [0.2, 0.25) is 0 Å². The minimum atomic E-state index is -0.440. The first kappa shape index (κ1) is 14.4. The monoisotopic (exact) mass is 239 g/mol. The molecule has 17 heavy (non-hydrogen) atoms. The van der Waals surface area contributed by atoms with Gasteiger partial charge >= 0.3 is 0 Å². The van der Waals surface area contributed by atoms with Gasteiger partial charge < -0.3 is 10.1 Å². The summed E-state index contributed by atoms with van der Waals surface area (Å²) in [6, 6.07) is 2.74. The van der Waals surface area contributed by atoms with Crippen LogP contribution in [0.5, 0.6) is 0 Å². The van der Waals surface area contributed by atoms with Crippen LogP contribution in [0.15, 0.2) is 0 Å². The first-order valence-corrected chi connectivity index (χ1v) is 6.40. The van der Waals surface area contributed by atoms with Gasteiger partial charge in [0.1, 0.15) is 5.54 Å². The molecule has 0 amide bonds. The van der Waals surface area contributed by atoms with E-state index in [0.29, 0.717) is 6.04 Å². The normalized spacial score (nSPS) is 31.5. The Labute approximate surface area is 105 Å². The van der Waals surface area contributed by atoms with Crippen LogP contribution in [-0.4, -0.2) is 48.8 Å². The van der Waals surface area contributed by atoms with Crippen molar-refractivity contribution in [1.82, 2.24) is 10.2 Å². The highest BCUT2D eigenvalue weighted by Gasteiger charge is 2.31. The summed E-state index contributed by atoms with van der Waals surface area (Å²) in [5.74, 6) is 0. The predicted octanol–water partition coefficient (Wildman–Crippen LogP) is 1.38. The summed E-state index contributed by atoms with van der Waals surface area (Å²) in [6.45, 7) is 10.3. The van der Waals surface area contributed by atoms with E-state index in [0.717, 1.165) is 19.5 Å². The molecule has 0 aliphatic carbocycles. The average Bonchev–Trinajstić information content (AvgIpc) is 2.27. The number of nitriles is 1. The van der Waals surface area contributed by atoms with E-state index in [4.69, 9.17) is 4.74 Å². The quantitative estimate of drug-likeness (QED) is 0.805. The second kappa shape index (κ2) is 5.81. The second-order valence-electron chi connectivity index (χ2n) is 5.46. The average molecular weight is 239 g/mol. The van der Waals surface area contributed by atoms with Gasteiger partial charge in [-0.1, -0.05) is 0 Å². The molecule has 1 aliphatic rings. The molecule has 0 saturated carbocycles. The van der Waals surface area contributed by atoms with Crippen LogP contribution in [-0.2, 0) is 4.74 Å². The van der Waals surface area contributed by atoms with E-state index in [1.807, 2.05) is 14.0 Å². The fourth-order valence-electron chi connectivity index (χ4n) is 2.50. The van der Waals surface area contributed by atoms with Gasteiger partial charge in [0.05, 0.1) is 18.3 Å². The van der Waals surface area contributed by atoms with E-state index >= 15 is 0 Å². The van der Waals surface area contributed by atoms with Gasteiger partial charge in [-0.05, 0) is 41.2 Å². The van der Waals surface area contributed by atoms with Gasteiger partial charge in [-0.2, -0.15) is 5.26 Å². The van der Waals surface area contributed by atoms with Crippen LogP contribution in [0, 0.1) is 11.3 Å². The summed E-state index contributed by atoms with van der Waals surface area (Å²) >= 11 is 0. The lowest BCUT2D eigenvalue weighted by Crippen LogP contribution is -2.52. The zero-order chi connectivity index (χ0) is 13.1. The summed E-state index contributed by atoms with van der Waals surface area (Å²) in [4.78, 5) is 2.42. The van der Waals surface area contributed by atoms with Crippen molar-refractivity contribution < 1.29 is 4.74 Å². The first-order valence-electron chi connectivity index (χ1n) is 6.40. The van der Waals surface area contributed by atoms with Crippen LogP contribution >= 0.6 is 0 Å². The fraction of sp³-hybridized carbons (Fsp3) is 0.923. The second-order valence-corrected chi connectivity index (χ2v) is 5.46. The molecule has 0 bridgehead atoms. The van der Waals surface area contributed by atoms with Crippen molar-refractivity contribution in [2.75, 3.05) is 20.1 Å². The van der Waals surface area contributed by atoms with Crippen molar-refractivity contribution >= 4 is 0 Å². The van der Waals surface area contributed by atoms with Gasteiger partial charge in [0.2, 0.25) is 0 Å². The van der Waals surface area contributed by atoms with E-state index in [-0.39, 0.29) is 12.2 Å². The Morgan fingerprint density at radius 2 is 2.00 bits per heavy atom. The molecule has 4 atom stereocenters. The lowest BCUT2D eigenvalue weighted by Gasteiger charge is -2.40. The molecule has 1 aliphatic heterocycles. The zero-order valence-corrected chi connectivity index (χ0v) is 11.7. The van der Waals surface area contributed by atoms with Crippen LogP contribution in [0.25, 0.3) is 0 Å². The standard InChI is InChI=1S/C13H25N3O/c1-10(6-13(4,9-14)15-5)16-7-11(2)17-12(3)8-16/h10-12,15H,6-8H2,1-5H3/t10?,11-,12+,13?. The zero-order valence-electron chi connectivity index (χ0n) is 11.7. The Morgan fingerprint density at radius 1 is 1.47 bits per heavy atom. The van der Waals surface area contributed by atoms with E-state index in [9.17, 15) is 5.26 Å². The SMILES string of the molecule is CNC(C)(C#N)CC(C)N1C[C@@H](C)O[C@@H](C)C1. The third kappa shape index (κ3) is 3.95. The summed E-state index contributed by atoms with van der Waals surface area (Å²) in [5, 5.41) is 12.3. The van der Waals surface area contributed by atoms with Crippen molar-refractivity contribution in [2.45, 2.75) is 57.9 Å². The number of hydrogen-bond acceptors (Lipinski definition) is 4. The topological polar surface area (TPSA) is 48.3 Å². The summed E-state index contributed by atoms with van der Waals surface area (Å²) in [6.07, 6.45) is 1.40. The van der Waals surface area contributed by atoms with Crippen molar-refractivity contribution in [2.24, 2.45) is 0 Å². The lowest BCUT2D eigenvalue weighted by atomic mass is 9.94. The number of rotatable bonds is 4. The van der Waals surface area contributed by atoms with Gasteiger partial charge in [-0.15, -0.1) is 0 Å². The highest BCUT2D eigenvalue weighted by Crippen LogP contribution is 2.19. The molecule has 2 unspecified atom stereocenters. The molecule has 0 aromatic carbocycles. The summed E-state index contributed by atoms with van der Waals surface area (Å²) in [5.41, 5.74) is -0.440. The maximum Gasteiger partial charge on any atom is 0.105 e. The molecule has 1 fully saturated rings. The Hall–Kier alpha value is -0.630. The molecular formula is C13H25N3O. The maximum absolute atomic E-state index is 9.18. The Morgan fingerprint density at radius 3 is 2.41 bits per heavy atom. The highest BCUT2D eigenvalue weighted by molar-refractivity contribution is 5.04. The summed E-state index contributed by atoms with van der Waals surface area (Å²) < 4.78 is 5.73. The molecule has 4 heteroatoms. The van der Waals surface area contributed by atoms with Gasteiger partial charge in [-0.3, -0.25) is 4.90 Å². The minimum absolute atomic E-state index is 0.282. The van der Waals surface area contributed by atoms with Crippen molar-refractivity contribution in [3.63, 3.8) is 0 Å². The lowest BCUT2D eigenvalue weighted by molar-refractivity contribution is -0.0805. The highest BCUT2D eigenvalue weighted by atomic mass is 16.5. The van der Waals surface area contributed by atoms with Crippen molar-refractivity contribution in [1.29, 1.82) is 5.26 Å². The molecular weight excluding hydrogens is 214 g/mol. The van der Waals surface area contributed by atoms with E-state index < -0.39 is 5.54 Å². The Kier molecular flexibility index (Phi) is 4.93. The molecule has 1 heterocycles. The molecule has 1 saturated heterocycles. The molecule has 4 nitrogen and oxygen atoms in total. The largest absolute Gasteiger partial charge is 0.373 e. The van der Waals surface area contributed by atoms with Crippen LogP contribution in [0.4, 0.5) is 0 Å². The van der Waals surface area contributed by atoms with Gasteiger partial charge in [0.25, 0.3) is 0 Å². The third-order valence-corrected chi connectivity index (χ3v) is 3.57.